The number of benzene rings is 2. The summed E-state index contributed by atoms with van der Waals surface area (Å²) in [6.45, 7) is 4.62. The van der Waals surface area contributed by atoms with Gasteiger partial charge in [0.2, 0.25) is 0 Å². The summed E-state index contributed by atoms with van der Waals surface area (Å²) in [5.41, 5.74) is 4.35. The van der Waals surface area contributed by atoms with Crippen molar-refractivity contribution in [1.82, 2.24) is 0 Å². The normalized spacial score (nSPS) is 10.8. The molecule has 0 atom stereocenters. The number of hydrogen-bond acceptors (Lipinski definition) is 2. The fourth-order valence-corrected chi connectivity index (χ4v) is 1.86. The lowest BCUT2D eigenvalue weighted by Gasteiger charge is -2.08. The van der Waals surface area contributed by atoms with Crippen LogP contribution < -0.4 is 4.74 Å². The fourth-order valence-electron chi connectivity index (χ4n) is 1.86. The molecule has 108 valence electrons. The summed E-state index contributed by atoms with van der Waals surface area (Å²) >= 11 is 0. The Morgan fingerprint density at radius 1 is 1.10 bits per heavy atom. The molecule has 1 N–H and O–H groups in total. The Morgan fingerprint density at radius 2 is 1.81 bits per heavy atom. The summed E-state index contributed by atoms with van der Waals surface area (Å²) in [6.07, 6.45) is 2.69. The first kappa shape index (κ1) is 14.9. The molecule has 0 radical (unpaired) electrons. The Balaban J connectivity index is 1.97. The van der Waals surface area contributed by atoms with Gasteiger partial charge in [-0.2, -0.15) is 0 Å². The van der Waals surface area contributed by atoms with Crippen molar-refractivity contribution in [2.75, 3.05) is 0 Å². The molecule has 0 saturated heterocycles. The van der Waals surface area contributed by atoms with E-state index >= 15 is 0 Å². The van der Waals surface area contributed by atoms with E-state index in [2.05, 4.69) is 13.8 Å². The van der Waals surface area contributed by atoms with E-state index in [4.69, 9.17) is 9.84 Å². The average molecular weight is 282 g/mol. The first-order valence-electron chi connectivity index (χ1n) is 6.74. The molecule has 0 saturated carbocycles. The first-order valence-corrected chi connectivity index (χ1v) is 6.74. The van der Waals surface area contributed by atoms with Crippen LogP contribution in [0.5, 0.6) is 5.75 Å². The van der Waals surface area contributed by atoms with Crippen molar-refractivity contribution in [3.8, 4) is 5.75 Å². The van der Waals surface area contributed by atoms with Gasteiger partial charge in [0.1, 0.15) is 12.4 Å². The molecule has 0 heterocycles. The Kier molecular flexibility index (Phi) is 4.77. The minimum Gasteiger partial charge on any atom is -0.489 e. The Bertz CT molecular complexity index is 655. The van der Waals surface area contributed by atoms with Gasteiger partial charge in [-0.1, -0.05) is 30.3 Å². The van der Waals surface area contributed by atoms with Crippen molar-refractivity contribution >= 4 is 12.0 Å². The standard InChI is InChI=1S/C18H18O3/c1-13-3-9-17(11-14(13)2)21-12-16-6-4-15(5-7-16)8-10-18(19)20/h3-11H,12H2,1-2H3,(H,19,20). The Hall–Kier alpha value is -2.55. The van der Waals surface area contributed by atoms with Crippen molar-refractivity contribution in [1.29, 1.82) is 0 Å². The van der Waals surface area contributed by atoms with Gasteiger partial charge in [0.15, 0.2) is 0 Å². The van der Waals surface area contributed by atoms with Gasteiger partial charge in [-0.05, 0) is 54.3 Å². The van der Waals surface area contributed by atoms with Crippen molar-refractivity contribution < 1.29 is 14.6 Å². The van der Waals surface area contributed by atoms with Gasteiger partial charge >= 0.3 is 5.97 Å². The van der Waals surface area contributed by atoms with Gasteiger partial charge in [-0.25, -0.2) is 4.79 Å². The number of carbonyl (C=O) groups is 1. The lowest BCUT2D eigenvalue weighted by molar-refractivity contribution is -0.131. The minimum atomic E-state index is -0.947. The topological polar surface area (TPSA) is 46.5 Å². The van der Waals surface area contributed by atoms with Gasteiger partial charge in [0, 0.05) is 6.08 Å². The first-order chi connectivity index (χ1) is 10.0. The van der Waals surface area contributed by atoms with E-state index in [1.165, 1.54) is 11.1 Å². The van der Waals surface area contributed by atoms with E-state index in [0.29, 0.717) is 6.61 Å². The maximum absolute atomic E-state index is 10.4. The van der Waals surface area contributed by atoms with Crippen LogP contribution in [0.4, 0.5) is 0 Å². The molecule has 0 aliphatic rings. The highest BCUT2D eigenvalue weighted by Crippen LogP contribution is 2.18. The van der Waals surface area contributed by atoms with Gasteiger partial charge in [-0.3, -0.25) is 0 Å². The molecule has 21 heavy (non-hydrogen) atoms. The third-order valence-corrected chi connectivity index (χ3v) is 3.28. The molecule has 2 rings (SSSR count). The Labute approximate surface area is 124 Å². The van der Waals surface area contributed by atoms with Crippen molar-refractivity contribution in [2.45, 2.75) is 20.5 Å². The second kappa shape index (κ2) is 6.75. The molecule has 3 heteroatoms. The predicted molar refractivity (Wildman–Crippen MR) is 83.4 cm³/mol. The van der Waals surface area contributed by atoms with E-state index in [0.717, 1.165) is 23.0 Å². The number of carboxylic acid groups (broad SMARTS) is 1. The number of ether oxygens (including phenoxy) is 1. The minimum absolute atomic E-state index is 0.491. The highest BCUT2D eigenvalue weighted by molar-refractivity contribution is 5.85. The van der Waals surface area contributed by atoms with Crippen molar-refractivity contribution in [2.24, 2.45) is 0 Å². The molecule has 2 aromatic carbocycles. The summed E-state index contributed by atoms with van der Waals surface area (Å²) in [7, 11) is 0. The van der Waals surface area contributed by atoms with E-state index in [1.54, 1.807) is 6.08 Å². The average Bonchev–Trinajstić information content (AvgIpc) is 2.47. The van der Waals surface area contributed by atoms with Crippen LogP contribution in [0.15, 0.2) is 48.5 Å². The SMILES string of the molecule is Cc1ccc(OCc2ccc(C=CC(=O)O)cc2)cc1C. The zero-order chi connectivity index (χ0) is 15.2. The molecular formula is C18H18O3. The highest BCUT2D eigenvalue weighted by atomic mass is 16.5. The lowest BCUT2D eigenvalue weighted by Crippen LogP contribution is -1.96. The summed E-state index contributed by atoms with van der Waals surface area (Å²) in [6, 6.07) is 13.7. The molecular weight excluding hydrogens is 264 g/mol. The predicted octanol–water partition coefficient (Wildman–Crippen LogP) is 3.98. The largest absolute Gasteiger partial charge is 0.489 e. The molecule has 0 aromatic heterocycles. The van der Waals surface area contributed by atoms with E-state index in [-0.39, 0.29) is 0 Å². The van der Waals surface area contributed by atoms with Crippen LogP contribution in [0.3, 0.4) is 0 Å². The summed E-state index contributed by atoms with van der Waals surface area (Å²) in [5, 5.41) is 8.57. The lowest BCUT2D eigenvalue weighted by atomic mass is 10.1. The van der Waals surface area contributed by atoms with E-state index in [9.17, 15) is 4.79 Å². The van der Waals surface area contributed by atoms with Crippen LogP contribution >= 0.6 is 0 Å². The maximum Gasteiger partial charge on any atom is 0.328 e. The van der Waals surface area contributed by atoms with Gasteiger partial charge in [0.05, 0.1) is 0 Å². The number of hydrogen-bond donors (Lipinski definition) is 1. The van der Waals surface area contributed by atoms with Crippen LogP contribution in [0, 0.1) is 13.8 Å². The van der Waals surface area contributed by atoms with Crippen molar-refractivity contribution in [3.05, 3.63) is 70.8 Å². The number of rotatable bonds is 5. The zero-order valence-electron chi connectivity index (χ0n) is 12.2. The molecule has 0 aliphatic carbocycles. The maximum atomic E-state index is 10.4. The third kappa shape index (κ3) is 4.49. The van der Waals surface area contributed by atoms with Crippen LogP contribution in [0.25, 0.3) is 6.08 Å². The summed E-state index contributed by atoms with van der Waals surface area (Å²) in [5.74, 6) is -0.0925. The van der Waals surface area contributed by atoms with Gasteiger partial charge in [-0.15, -0.1) is 0 Å². The monoisotopic (exact) mass is 282 g/mol. The quantitative estimate of drug-likeness (QED) is 0.844. The molecule has 0 aliphatic heterocycles. The zero-order valence-corrected chi connectivity index (χ0v) is 12.2. The van der Waals surface area contributed by atoms with E-state index < -0.39 is 5.97 Å². The molecule has 0 spiro atoms. The van der Waals surface area contributed by atoms with Crippen LogP contribution in [-0.2, 0) is 11.4 Å². The van der Waals surface area contributed by atoms with Gasteiger partial charge in [0.25, 0.3) is 0 Å². The smallest absolute Gasteiger partial charge is 0.328 e. The fraction of sp³-hybridized carbons (Fsp3) is 0.167. The van der Waals surface area contributed by atoms with Crippen LogP contribution in [0.1, 0.15) is 22.3 Å². The second-order valence-electron chi connectivity index (χ2n) is 4.95. The molecule has 0 fully saturated rings. The van der Waals surface area contributed by atoms with E-state index in [1.807, 2.05) is 42.5 Å². The van der Waals surface area contributed by atoms with Crippen molar-refractivity contribution in [3.63, 3.8) is 0 Å². The number of carboxylic acids is 1. The second-order valence-corrected chi connectivity index (χ2v) is 4.95. The molecule has 0 bridgehead atoms. The number of aryl methyl sites for hydroxylation is 2. The summed E-state index contributed by atoms with van der Waals surface area (Å²) < 4.78 is 5.75. The molecule has 0 amide bonds. The number of aliphatic carboxylic acids is 1. The van der Waals surface area contributed by atoms with Gasteiger partial charge < -0.3 is 9.84 Å². The Morgan fingerprint density at radius 3 is 2.43 bits per heavy atom. The molecule has 2 aromatic rings. The molecule has 3 nitrogen and oxygen atoms in total. The third-order valence-electron chi connectivity index (χ3n) is 3.28. The highest BCUT2D eigenvalue weighted by Gasteiger charge is 1.99. The molecule has 0 unspecified atom stereocenters. The van der Waals surface area contributed by atoms with Crippen LogP contribution in [-0.4, -0.2) is 11.1 Å². The van der Waals surface area contributed by atoms with Crippen LogP contribution in [0.2, 0.25) is 0 Å². The summed E-state index contributed by atoms with van der Waals surface area (Å²) in [4.78, 5) is 10.4.